The second-order valence-electron chi connectivity index (χ2n) is 3.52. The minimum atomic E-state index is -4.11. The number of benzene rings is 1. The molecule has 0 radical (unpaired) electrons. The molecule has 6 nitrogen and oxygen atoms in total. The summed E-state index contributed by atoms with van der Waals surface area (Å²) in [6, 6.07) is 4.47. The lowest BCUT2D eigenvalue weighted by atomic mass is 10.3. The van der Waals surface area contributed by atoms with E-state index in [4.69, 9.17) is 17.3 Å². The monoisotopic (exact) mass is 302 g/mol. The molecule has 1 heterocycles. The predicted octanol–water partition coefficient (Wildman–Crippen LogP) is 1.65. The molecule has 0 aliphatic carbocycles. The van der Waals surface area contributed by atoms with Crippen LogP contribution < -0.4 is 10.5 Å². The maximum absolute atomic E-state index is 13.6. The Morgan fingerprint density at radius 1 is 1.26 bits per heavy atom. The molecule has 100 valence electrons. The fraction of sp³-hybridized carbons (Fsp3) is 0. The van der Waals surface area contributed by atoms with Crippen molar-refractivity contribution in [2.45, 2.75) is 4.90 Å². The number of aromatic nitrogens is 2. The van der Waals surface area contributed by atoms with Gasteiger partial charge < -0.3 is 5.73 Å². The van der Waals surface area contributed by atoms with Gasteiger partial charge in [-0.05, 0) is 18.2 Å². The van der Waals surface area contributed by atoms with E-state index in [9.17, 15) is 12.8 Å². The molecule has 1 aromatic carbocycles. The van der Waals surface area contributed by atoms with Gasteiger partial charge in [0.15, 0.2) is 0 Å². The Kier molecular flexibility index (Phi) is 3.54. The standard InChI is InChI=1S/C10H8ClFN4O2S/c11-9-4-10(15-5-14-9)16-19(17,18)8-2-1-6(13)3-7(8)12/h1-5H,13H2,(H,14,15,16). The van der Waals surface area contributed by atoms with E-state index >= 15 is 0 Å². The lowest BCUT2D eigenvalue weighted by Crippen LogP contribution is -2.15. The molecule has 0 saturated heterocycles. The number of nitrogen functional groups attached to an aromatic ring is 1. The molecular formula is C10H8ClFN4O2S. The van der Waals surface area contributed by atoms with Crippen molar-refractivity contribution in [1.29, 1.82) is 0 Å². The number of anilines is 2. The molecule has 19 heavy (non-hydrogen) atoms. The number of hydrogen-bond donors (Lipinski definition) is 2. The number of nitrogens with one attached hydrogen (secondary N) is 1. The van der Waals surface area contributed by atoms with Crippen LogP contribution in [0.25, 0.3) is 0 Å². The van der Waals surface area contributed by atoms with Crippen LogP contribution >= 0.6 is 11.6 Å². The van der Waals surface area contributed by atoms with Crippen molar-refractivity contribution in [3.63, 3.8) is 0 Å². The van der Waals surface area contributed by atoms with Gasteiger partial charge in [0.1, 0.15) is 28.0 Å². The van der Waals surface area contributed by atoms with Gasteiger partial charge in [-0.25, -0.2) is 22.8 Å². The summed E-state index contributed by atoms with van der Waals surface area (Å²) in [6.45, 7) is 0. The van der Waals surface area contributed by atoms with Gasteiger partial charge in [0.25, 0.3) is 10.0 Å². The third kappa shape index (κ3) is 3.09. The number of hydrogen-bond acceptors (Lipinski definition) is 5. The maximum atomic E-state index is 13.6. The van der Waals surface area contributed by atoms with Gasteiger partial charge in [0.05, 0.1) is 0 Å². The molecule has 0 aliphatic heterocycles. The first-order chi connectivity index (χ1) is 8.88. The highest BCUT2D eigenvalue weighted by molar-refractivity contribution is 7.92. The van der Waals surface area contributed by atoms with Crippen LogP contribution in [0.2, 0.25) is 5.15 Å². The van der Waals surface area contributed by atoms with E-state index in [1.165, 1.54) is 12.1 Å². The van der Waals surface area contributed by atoms with Crippen LogP contribution in [0.3, 0.4) is 0 Å². The molecule has 2 rings (SSSR count). The third-order valence-electron chi connectivity index (χ3n) is 2.12. The van der Waals surface area contributed by atoms with E-state index in [0.717, 1.165) is 18.5 Å². The quantitative estimate of drug-likeness (QED) is 0.663. The van der Waals surface area contributed by atoms with E-state index in [0.29, 0.717) is 0 Å². The van der Waals surface area contributed by atoms with Crippen LogP contribution in [0.15, 0.2) is 35.5 Å². The molecule has 0 bridgehead atoms. The summed E-state index contributed by atoms with van der Waals surface area (Å²) in [6.07, 6.45) is 1.08. The van der Waals surface area contributed by atoms with Crippen molar-refractivity contribution < 1.29 is 12.8 Å². The lowest BCUT2D eigenvalue weighted by molar-refractivity contribution is 0.570. The second kappa shape index (κ2) is 4.98. The van der Waals surface area contributed by atoms with E-state index in [1.807, 2.05) is 0 Å². The van der Waals surface area contributed by atoms with E-state index in [-0.39, 0.29) is 16.7 Å². The molecule has 9 heteroatoms. The molecule has 0 unspecified atom stereocenters. The molecule has 0 amide bonds. The largest absolute Gasteiger partial charge is 0.399 e. The molecule has 0 aliphatic rings. The molecule has 0 saturated carbocycles. The first kappa shape index (κ1) is 13.5. The first-order valence-corrected chi connectivity index (χ1v) is 6.80. The Balaban J connectivity index is 2.38. The van der Waals surface area contributed by atoms with Crippen molar-refractivity contribution in [2.75, 3.05) is 10.5 Å². The van der Waals surface area contributed by atoms with Crippen LogP contribution in [-0.4, -0.2) is 18.4 Å². The van der Waals surface area contributed by atoms with Crippen LogP contribution in [0.1, 0.15) is 0 Å². The van der Waals surface area contributed by atoms with Gasteiger partial charge in [-0.15, -0.1) is 0 Å². The molecular weight excluding hydrogens is 295 g/mol. The molecule has 0 spiro atoms. The maximum Gasteiger partial charge on any atom is 0.265 e. The van der Waals surface area contributed by atoms with Gasteiger partial charge in [0, 0.05) is 11.8 Å². The summed E-state index contributed by atoms with van der Waals surface area (Å²) < 4.78 is 39.6. The second-order valence-corrected chi connectivity index (χ2v) is 5.56. The smallest absolute Gasteiger partial charge is 0.265 e. The zero-order chi connectivity index (χ0) is 14.0. The van der Waals surface area contributed by atoms with Crippen LogP contribution in [0, 0.1) is 5.82 Å². The Labute approximate surface area is 113 Å². The zero-order valence-electron chi connectivity index (χ0n) is 9.34. The molecule has 0 fully saturated rings. The Bertz CT molecular complexity index is 723. The normalized spacial score (nSPS) is 11.3. The summed E-state index contributed by atoms with van der Waals surface area (Å²) in [5.74, 6) is -1.01. The number of nitrogens with two attached hydrogens (primary N) is 1. The zero-order valence-corrected chi connectivity index (χ0v) is 10.9. The van der Waals surface area contributed by atoms with Gasteiger partial charge in [0.2, 0.25) is 0 Å². The van der Waals surface area contributed by atoms with E-state index < -0.39 is 20.7 Å². The number of nitrogens with zero attached hydrogens (tertiary/aromatic N) is 2. The highest BCUT2D eigenvalue weighted by Gasteiger charge is 2.19. The first-order valence-electron chi connectivity index (χ1n) is 4.94. The van der Waals surface area contributed by atoms with Crippen molar-refractivity contribution >= 4 is 33.1 Å². The third-order valence-corrected chi connectivity index (χ3v) is 3.71. The number of halogens is 2. The van der Waals surface area contributed by atoms with Gasteiger partial charge in [-0.3, -0.25) is 4.72 Å². The summed E-state index contributed by atoms with van der Waals surface area (Å²) in [4.78, 5) is 6.73. The SMILES string of the molecule is Nc1ccc(S(=O)(=O)Nc2cc(Cl)ncn2)c(F)c1. The average Bonchev–Trinajstić information content (AvgIpc) is 2.27. The van der Waals surface area contributed by atoms with Crippen LogP contribution in [0.4, 0.5) is 15.9 Å². The number of rotatable bonds is 3. The van der Waals surface area contributed by atoms with Gasteiger partial charge in [-0.2, -0.15) is 0 Å². The van der Waals surface area contributed by atoms with Gasteiger partial charge in [-0.1, -0.05) is 11.6 Å². The predicted molar refractivity (Wildman–Crippen MR) is 68.7 cm³/mol. The molecule has 0 atom stereocenters. The molecule has 2 aromatic rings. The average molecular weight is 303 g/mol. The van der Waals surface area contributed by atoms with Crippen LogP contribution in [-0.2, 0) is 10.0 Å². The van der Waals surface area contributed by atoms with Crippen molar-refractivity contribution in [2.24, 2.45) is 0 Å². The molecule has 3 N–H and O–H groups in total. The van der Waals surface area contributed by atoms with E-state index in [2.05, 4.69) is 14.7 Å². The van der Waals surface area contributed by atoms with E-state index in [1.54, 1.807) is 0 Å². The highest BCUT2D eigenvalue weighted by Crippen LogP contribution is 2.20. The van der Waals surface area contributed by atoms with Crippen LogP contribution in [0.5, 0.6) is 0 Å². The van der Waals surface area contributed by atoms with Crippen molar-refractivity contribution in [3.8, 4) is 0 Å². The summed E-state index contributed by atoms with van der Waals surface area (Å²) in [7, 11) is -4.11. The minimum absolute atomic E-state index is 0.0591. The minimum Gasteiger partial charge on any atom is -0.399 e. The highest BCUT2D eigenvalue weighted by atomic mass is 35.5. The Morgan fingerprint density at radius 3 is 2.63 bits per heavy atom. The summed E-state index contributed by atoms with van der Waals surface area (Å²) in [5, 5.41) is 0.0606. The lowest BCUT2D eigenvalue weighted by Gasteiger charge is -2.08. The summed E-state index contributed by atoms with van der Waals surface area (Å²) >= 11 is 5.60. The topological polar surface area (TPSA) is 98.0 Å². The Hall–Kier alpha value is -1.93. The summed E-state index contributed by atoms with van der Waals surface area (Å²) in [5.41, 5.74) is 5.48. The van der Waals surface area contributed by atoms with Crippen molar-refractivity contribution in [3.05, 3.63) is 41.6 Å². The van der Waals surface area contributed by atoms with Gasteiger partial charge >= 0.3 is 0 Å². The molecule has 1 aromatic heterocycles. The Morgan fingerprint density at radius 2 is 2.00 bits per heavy atom. The van der Waals surface area contributed by atoms with Crippen molar-refractivity contribution in [1.82, 2.24) is 9.97 Å². The fourth-order valence-corrected chi connectivity index (χ4v) is 2.52. The number of sulfonamides is 1. The fourth-order valence-electron chi connectivity index (χ4n) is 1.32.